The second kappa shape index (κ2) is 9.61. The fraction of sp³-hybridized carbons (Fsp3) is 0.333. The van der Waals surface area contributed by atoms with Crippen molar-refractivity contribution in [3.63, 3.8) is 0 Å². The first-order valence-corrected chi connectivity index (χ1v) is 9.00. The number of anilines is 2. The highest BCUT2D eigenvalue weighted by Crippen LogP contribution is 2.20. The van der Waals surface area contributed by atoms with Crippen LogP contribution in [0.15, 0.2) is 54.6 Å². The van der Waals surface area contributed by atoms with Crippen LogP contribution >= 0.6 is 0 Å². The van der Waals surface area contributed by atoms with Crippen molar-refractivity contribution >= 4 is 23.2 Å². The number of nitrogens with one attached hydrogen (secondary N) is 2. The fourth-order valence-electron chi connectivity index (χ4n) is 2.92. The number of nitrogens with zero attached hydrogens (tertiary/aromatic N) is 1. The summed E-state index contributed by atoms with van der Waals surface area (Å²) in [6.07, 6.45) is 0.182. The van der Waals surface area contributed by atoms with Crippen LogP contribution in [-0.2, 0) is 9.59 Å². The van der Waals surface area contributed by atoms with Crippen molar-refractivity contribution in [1.29, 1.82) is 0 Å². The van der Waals surface area contributed by atoms with Crippen molar-refractivity contribution < 1.29 is 9.59 Å². The first-order chi connectivity index (χ1) is 12.5. The maximum absolute atomic E-state index is 12.4. The van der Waals surface area contributed by atoms with Gasteiger partial charge in [-0.1, -0.05) is 30.3 Å². The third-order valence-corrected chi connectivity index (χ3v) is 4.25. The van der Waals surface area contributed by atoms with Crippen molar-refractivity contribution in [3.05, 3.63) is 60.2 Å². The molecule has 2 aromatic rings. The molecular weight excluding hydrogens is 326 g/mol. The molecule has 0 saturated carbocycles. The standard InChI is InChI=1S/C21H27N3O2/c1-4-24(5-2)19-13-11-18(12-14-19)23-21(26)15-20(22-16(3)25)17-9-7-6-8-10-17/h6-14,20H,4-5,15H2,1-3H3,(H,22,25)(H,23,26)/t20-/m0/s1. The van der Waals surface area contributed by atoms with E-state index in [0.29, 0.717) is 0 Å². The topological polar surface area (TPSA) is 61.4 Å². The van der Waals surface area contributed by atoms with E-state index < -0.39 is 0 Å². The molecule has 0 aliphatic rings. The van der Waals surface area contributed by atoms with Gasteiger partial charge in [-0.3, -0.25) is 9.59 Å². The Morgan fingerprint density at radius 1 is 0.962 bits per heavy atom. The summed E-state index contributed by atoms with van der Waals surface area (Å²) in [4.78, 5) is 26.2. The Morgan fingerprint density at radius 3 is 2.12 bits per heavy atom. The highest BCUT2D eigenvalue weighted by molar-refractivity contribution is 5.91. The molecule has 0 aromatic heterocycles. The number of hydrogen-bond donors (Lipinski definition) is 2. The molecule has 2 rings (SSSR count). The maximum Gasteiger partial charge on any atom is 0.226 e. The zero-order valence-electron chi connectivity index (χ0n) is 15.7. The quantitative estimate of drug-likeness (QED) is 0.760. The largest absolute Gasteiger partial charge is 0.372 e. The highest BCUT2D eigenvalue weighted by atomic mass is 16.2. The van der Waals surface area contributed by atoms with Crippen LogP contribution in [0.5, 0.6) is 0 Å². The lowest BCUT2D eigenvalue weighted by atomic mass is 10.0. The van der Waals surface area contributed by atoms with Gasteiger partial charge in [0.05, 0.1) is 12.5 Å². The summed E-state index contributed by atoms with van der Waals surface area (Å²) in [7, 11) is 0. The van der Waals surface area contributed by atoms with E-state index in [1.807, 2.05) is 54.6 Å². The van der Waals surface area contributed by atoms with Crippen LogP contribution in [0.2, 0.25) is 0 Å². The number of rotatable bonds is 8. The second-order valence-electron chi connectivity index (χ2n) is 6.14. The van der Waals surface area contributed by atoms with Gasteiger partial charge in [-0.05, 0) is 43.7 Å². The van der Waals surface area contributed by atoms with E-state index in [4.69, 9.17) is 0 Å². The summed E-state index contributed by atoms with van der Waals surface area (Å²) in [6, 6.07) is 17.0. The van der Waals surface area contributed by atoms with E-state index in [9.17, 15) is 9.59 Å². The van der Waals surface area contributed by atoms with Gasteiger partial charge in [0, 0.05) is 31.4 Å². The summed E-state index contributed by atoms with van der Waals surface area (Å²) in [5.41, 5.74) is 2.80. The Bertz CT molecular complexity index is 710. The van der Waals surface area contributed by atoms with Crippen LogP contribution in [-0.4, -0.2) is 24.9 Å². The normalized spacial score (nSPS) is 11.5. The molecule has 0 unspecified atom stereocenters. The minimum atomic E-state index is -0.344. The van der Waals surface area contributed by atoms with Crippen molar-refractivity contribution in [2.24, 2.45) is 0 Å². The van der Waals surface area contributed by atoms with Crippen LogP contribution in [0, 0.1) is 0 Å². The van der Waals surface area contributed by atoms with Crippen LogP contribution in [0.25, 0.3) is 0 Å². The van der Waals surface area contributed by atoms with Gasteiger partial charge in [-0.15, -0.1) is 0 Å². The van der Waals surface area contributed by atoms with Crippen molar-refractivity contribution in [3.8, 4) is 0 Å². The van der Waals surface area contributed by atoms with Gasteiger partial charge < -0.3 is 15.5 Å². The molecule has 2 aromatic carbocycles. The lowest BCUT2D eigenvalue weighted by Crippen LogP contribution is -2.29. The number of carbonyl (C=O) groups is 2. The van der Waals surface area contributed by atoms with E-state index in [2.05, 4.69) is 29.4 Å². The van der Waals surface area contributed by atoms with Gasteiger partial charge in [-0.25, -0.2) is 0 Å². The maximum atomic E-state index is 12.4. The van der Waals surface area contributed by atoms with E-state index >= 15 is 0 Å². The molecule has 2 amide bonds. The van der Waals surface area contributed by atoms with E-state index in [1.165, 1.54) is 6.92 Å². The average molecular weight is 353 g/mol. The number of amides is 2. The van der Waals surface area contributed by atoms with Crippen LogP contribution in [0.1, 0.15) is 38.8 Å². The summed E-state index contributed by atoms with van der Waals surface area (Å²) < 4.78 is 0. The molecule has 0 aliphatic carbocycles. The van der Waals surface area contributed by atoms with Crippen molar-refractivity contribution in [1.82, 2.24) is 5.32 Å². The van der Waals surface area contributed by atoms with Gasteiger partial charge >= 0.3 is 0 Å². The Kier molecular flexibility index (Phi) is 7.21. The fourth-order valence-corrected chi connectivity index (χ4v) is 2.92. The lowest BCUT2D eigenvalue weighted by Gasteiger charge is -2.21. The molecule has 0 saturated heterocycles. The molecule has 5 nitrogen and oxygen atoms in total. The molecule has 0 fully saturated rings. The predicted octanol–water partition coefficient (Wildman–Crippen LogP) is 3.74. The lowest BCUT2D eigenvalue weighted by molar-refractivity contribution is -0.120. The average Bonchev–Trinajstić information content (AvgIpc) is 2.64. The summed E-state index contributed by atoms with van der Waals surface area (Å²) in [5, 5.41) is 5.75. The van der Waals surface area contributed by atoms with Gasteiger partial charge in [0.2, 0.25) is 11.8 Å². The summed E-state index contributed by atoms with van der Waals surface area (Å²) in [6.45, 7) is 7.57. The van der Waals surface area contributed by atoms with Gasteiger partial charge in [0.1, 0.15) is 0 Å². The Labute approximate surface area is 155 Å². The third kappa shape index (κ3) is 5.62. The molecule has 0 heterocycles. The van der Waals surface area contributed by atoms with Crippen LogP contribution in [0.4, 0.5) is 11.4 Å². The van der Waals surface area contributed by atoms with E-state index in [-0.39, 0.29) is 24.3 Å². The molecule has 0 bridgehead atoms. The first kappa shape index (κ1) is 19.5. The SMILES string of the molecule is CCN(CC)c1ccc(NC(=O)C[C@H](NC(C)=O)c2ccccc2)cc1. The Balaban J connectivity index is 2.02. The van der Waals surface area contributed by atoms with E-state index in [0.717, 1.165) is 30.0 Å². The number of carbonyl (C=O) groups excluding carboxylic acids is 2. The number of hydrogen-bond acceptors (Lipinski definition) is 3. The molecule has 5 heteroatoms. The minimum Gasteiger partial charge on any atom is -0.372 e. The highest BCUT2D eigenvalue weighted by Gasteiger charge is 2.17. The predicted molar refractivity (Wildman–Crippen MR) is 106 cm³/mol. The monoisotopic (exact) mass is 353 g/mol. The van der Waals surface area contributed by atoms with Crippen LogP contribution in [0.3, 0.4) is 0 Å². The Hall–Kier alpha value is -2.82. The molecule has 138 valence electrons. The molecule has 0 aliphatic heterocycles. The molecule has 0 radical (unpaired) electrons. The van der Waals surface area contributed by atoms with Crippen molar-refractivity contribution in [2.45, 2.75) is 33.2 Å². The molecule has 2 N–H and O–H groups in total. The Morgan fingerprint density at radius 2 is 1.58 bits per heavy atom. The smallest absolute Gasteiger partial charge is 0.226 e. The first-order valence-electron chi connectivity index (χ1n) is 9.00. The zero-order valence-corrected chi connectivity index (χ0v) is 15.7. The summed E-state index contributed by atoms with van der Waals surface area (Å²) in [5.74, 6) is -0.293. The summed E-state index contributed by atoms with van der Waals surface area (Å²) >= 11 is 0. The van der Waals surface area contributed by atoms with Crippen molar-refractivity contribution in [2.75, 3.05) is 23.3 Å². The van der Waals surface area contributed by atoms with Gasteiger partial charge in [0.25, 0.3) is 0 Å². The van der Waals surface area contributed by atoms with Crippen LogP contribution < -0.4 is 15.5 Å². The minimum absolute atomic E-state index is 0.136. The molecular formula is C21H27N3O2. The van der Waals surface area contributed by atoms with Gasteiger partial charge in [0.15, 0.2) is 0 Å². The molecule has 1 atom stereocenters. The third-order valence-electron chi connectivity index (χ3n) is 4.25. The second-order valence-corrected chi connectivity index (χ2v) is 6.14. The van der Waals surface area contributed by atoms with E-state index in [1.54, 1.807) is 0 Å². The molecule has 0 spiro atoms. The number of benzene rings is 2. The van der Waals surface area contributed by atoms with Gasteiger partial charge in [-0.2, -0.15) is 0 Å². The zero-order chi connectivity index (χ0) is 18.9. The molecule has 26 heavy (non-hydrogen) atoms.